The van der Waals surface area contributed by atoms with Crippen LogP contribution in [0.3, 0.4) is 0 Å². The van der Waals surface area contributed by atoms with Gasteiger partial charge in [-0.25, -0.2) is 0 Å². The molecule has 0 aromatic heterocycles. The number of carbonyl (C=O) groups is 2. The van der Waals surface area contributed by atoms with Gasteiger partial charge in [0.15, 0.2) is 17.3 Å². The number of rotatable bonds is 8. The highest BCUT2D eigenvalue weighted by Crippen LogP contribution is 2.31. The second kappa shape index (κ2) is 10.4. The lowest BCUT2D eigenvalue weighted by Crippen LogP contribution is -2.48. The molecule has 1 amide bonds. The molecule has 3 rings (SSSR count). The second-order valence-corrected chi connectivity index (χ2v) is 7.87. The first-order valence-corrected chi connectivity index (χ1v) is 10.5. The van der Waals surface area contributed by atoms with Crippen LogP contribution in [0.25, 0.3) is 0 Å². The zero-order chi connectivity index (χ0) is 22.4. The lowest BCUT2D eigenvalue weighted by molar-refractivity contribution is -0.117. The molecular weight excluding hydrogens is 394 g/mol. The molecule has 166 valence electrons. The Balaban J connectivity index is 1.50. The molecule has 0 bridgehead atoms. The SMILES string of the molecule is COc1cc(C)c(CN2CCN(CC(=O)Nc3cccc(C(C)=O)c3)CC2)cc1OC. The zero-order valence-electron chi connectivity index (χ0n) is 18.7. The smallest absolute Gasteiger partial charge is 0.238 e. The third-order valence-corrected chi connectivity index (χ3v) is 5.62. The van der Waals surface area contributed by atoms with E-state index < -0.39 is 0 Å². The van der Waals surface area contributed by atoms with E-state index in [4.69, 9.17) is 9.47 Å². The van der Waals surface area contributed by atoms with Crippen molar-refractivity contribution in [2.75, 3.05) is 52.3 Å². The summed E-state index contributed by atoms with van der Waals surface area (Å²) in [5.41, 5.74) is 3.64. The Morgan fingerprint density at radius 1 is 0.968 bits per heavy atom. The van der Waals surface area contributed by atoms with E-state index in [9.17, 15) is 9.59 Å². The number of hydrogen-bond acceptors (Lipinski definition) is 6. The number of nitrogens with one attached hydrogen (secondary N) is 1. The third kappa shape index (κ3) is 6.06. The Kier molecular flexibility index (Phi) is 7.65. The topological polar surface area (TPSA) is 71.1 Å². The van der Waals surface area contributed by atoms with Gasteiger partial charge in [0, 0.05) is 44.0 Å². The van der Waals surface area contributed by atoms with Gasteiger partial charge < -0.3 is 14.8 Å². The number of methoxy groups -OCH3 is 2. The van der Waals surface area contributed by atoms with Crippen molar-refractivity contribution >= 4 is 17.4 Å². The molecule has 1 fully saturated rings. The van der Waals surface area contributed by atoms with Gasteiger partial charge in [0.2, 0.25) is 5.91 Å². The summed E-state index contributed by atoms with van der Waals surface area (Å²) in [7, 11) is 3.30. The van der Waals surface area contributed by atoms with E-state index in [-0.39, 0.29) is 11.7 Å². The average Bonchev–Trinajstić information content (AvgIpc) is 2.76. The van der Waals surface area contributed by atoms with E-state index in [0.29, 0.717) is 17.8 Å². The number of ketones is 1. The number of carbonyl (C=O) groups excluding carboxylic acids is 2. The lowest BCUT2D eigenvalue weighted by Gasteiger charge is -2.34. The predicted molar refractivity (Wildman–Crippen MR) is 121 cm³/mol. The van der Waals surface area contributed by atoms with Crippen LogP contribution in [-0.2, 0) is 11.3 Å². The first kappa shape index (κ1) is 22.8. The van der Waals surface area contributed by atoms with Gasteiger partial charge in [-0.05, 0) is 49.2 Å². The maximum absolute atomic E-state index is 12.4. The third-order valence-electron chi connectivity index (χ3n) is 5.62. The van der Waals surface area contributed by atoms with Crippen molar-refractivity contribution in [1.29, 1.82) is 0 Å². The Labute approximate surface area is 183 Å². The van der Waals surface area contributed by atoms with Crippen LogP contribution in [0.1, 0.15) is 28.4 Å². The van der Waals surface area contributed by atoms with Crippen LogP contribution in [0.2, 0.25) is 0 Å². The summed E-state index contributed by atoms with van der Waals surface area (Å²) in [6.45, 7) is 8.21. The molecular formula is C24H31N3O4. The van der Waals surface area contributed by atoms with Gasteiger partial charge in [-0.15, -0.1) is 0 Å². The number of benzene rings is 2. The Morgan fingerprint density at radius 3 is 2.26 bits per heavy atom. The van der Waals surface area contributed by atoms with Crippen molar-refractivity contribution in [1.82, 2.24) is 9.80 Å². The summed E-state index contributed by atoms with van der Waals surface area (Å²) in [5.74, 6) is 1.41. The number of amides is 1. The van der Waals surface area contributed by atoms with Crippen LogP contribution in [0.4, 0.5) is 5.69 Å². The highest BCUT2D eigenvalue weighted by atomic mass is 16.5. The highest BCUT2D eigenvalue weighted by molar-refractivity contribution is 5.97. The van der Waals surface area contributed by atoms with Crippen LogP contribution in [0.15, 0.2) is 36.4 Å². The average molecular weight is 426 g/mol. The molecule has 31 heavy (non-hydrogen) atoms. The first-order chi connectivity index (χ1) is 14.9. The van der Waals surface area contributed by atoms with Gasteiger partial charge in [0.1, 0.15) is 0 Å². The van der Waals surface area contributed by atoms with Gasteiger partial charge in [0.25, 0.3) is 0 Å². The van der Waals surface area contributed by atoms with E-state index in [1.807, 2.05) is 12.1 Å². The number of Topliss-reactive ketones (excluding diaryl/α,β-unsaturated/α-hetero) is 1. The Bertz CT molecular complexity index is 936. The number of anilines is 1. The van der Waals surface area contributed by atoms with Crippen molar-refractivity contribution < 1.29 is 19.1 Å². The first-order valence-electron chi connectivity index (χ1n) is 10.5. The zero-order valence-corrected chi connectivity index (χ0v) is 18.7. The van der Waals surface area contributed by atoms with Crippen LogP contribution in [0, 0.1) is 6.92 Å². The molecule has 0 radical (unpaired) electrons. The minimum Gasteiger partial charge on any atom is -0.493 e. The van der Waals surface area contributed by atoms with Crippen molar-refractivity contribution in [3.8, 4) is 11.5 Å². The van der Waals surface area contributed by atoms with Crippen molar-refractivity contribution in [3.63, 3.8) is 0 Å². The maximum Gasteiger partial charge on any atom is 0.238 e. The summed E-state index contributed by atoms with van der Waals surface area (Å²) in [5, 5.41) is 2.89. The number of hydrogen-bond donors (Lipinski definition) is 1. The van der Waals surface area contributed by atoms with Crippen LogP contribution < -0.4 is 14.8 Å². The fraction of sp³-hybridized carbons (Fsp3) is 0.417. The van der Waals surface area contributed by atoms with Crippen LogP contribution in [0.5, 0.6) is 11.5 Å². The second-order valence-electron chi connectivity index (χ2n) is 7.87. The Hall–Kier alpha value is -2.90. The monoisotopic (exact) mass is 425 g/mol. The fourth-order valence-corrected chi connectivity index (χ4v) is 3.76. The molecule has 0 saturated carbocycles. The van der Waals surface area contributed by atoms with Crippen molar-refractivity contribution in [2.24, 2.45) is 0 Å². The molecule has 1 heterocycles. The van der Waals surface area contributed by atoms with Gasteiger partial charge in [-0.3, -0.25) is 19.4 Å². The molecule has 0 unspecified atom stereocenters. The fourth-order valence-electron chi connectivity index (χ4n) is 3.76. The van der Waals surface area contributed by atoms with E-state index >= 15 is 0 Å². The van der Waals surface area contributed by atoms with Gasteiger partial charge in [-0.1, -0.05) is 12.1 Å². The van der Waals surface area contributed by atoms with Gasteiger partial charge >= 0.3 is 0 Å². The van der Waals surface area contributed by atoms with E-state index in [1.165, 1.54) is 18.1 Å². The number of aryl methyl sites for hydroxylation is 1. The summed E-state index contributed by atoms with van der Waals surface area (Å²) in [4.78, 5) is 28.5. The summed E-state index contributed by atoms with van der Waals surface area (Å²) >= 11 is 0. The molecule has 1 aliphatic heterocycles. The molecule has 1 N–H and O–H groups in total. The highest BCUT2D eigenvalue weighted by Gasteiger charge is 2.20. The number of ether oxygens (including phenoxy) is 2. The predicted octanol–water partition coefficient (Wildman–Crippen LogP) is 2.97. The normalized spacial score (nSPS) is 14.8. The van der Waals surface area contributed by atoms with Gasteiger partial charge in [0.05, 0.1) is 20.8 Å². The standard InChI is InChI=1S/C24H31N3O4/c1-17-12-22(30-3)23(31-4)14-20(17)15-26-8-10-27(11-9-26)16-24(29)25-21-7-5-6-19(13-21)18(2)28/h5-7,12-14H,8-11,15-16H2,1-4H3,(H,25,29). The van der Waals surface area contributed by atoms with E-state index in [2.05, 4.69) is 22.0 Å². The minimum absolute atomic E-state index is 0.0167. The summed E-state index contributed by atoms with van der Waals surface area (Å²) in [6.07, 6.45) is 0. The quantitative estimate of drug-likeness (QED) is 0.656. The maximum atomic E-state index is 12.4. The largest absolute Gasteiger partial charge is 0.493 e. The van der Waals surface area contributed by atoms with Crippen molar-refractivity contribution in [3.05, 3.63) is 53.1 Å². The minimum atomic E-state index is -0.0649. The Morgan fingerprint density at radius 2 is 1.61 bits per heavy atom. The number of nitrogens with zero attached hydrogens (tertiary/aromatic N) is 2. The molecule has 0 aliphatic carbocycles. The lowest BCUT2D eigenvalue weighted by atomic mass is 10.1. The molecule has 1 saturated heterocycles. The van der Waals surface area contributed by atoms with Gasteiger partial charge in [-0.2, -0.15) is 0 Å². The molecule has 2 aromatic rings. The molecule has 2 aromatic carbocycles. The number of piperazine rings is 1. The summed E-state index contributed by atoms with van der Waals surface area (Å²) in [6, 6.07) is 11.1. The molecule has 1 aliphatic rings. The van der Waals surface area contributed by atoms with Crippen LogP contribution >= 0.6 is 0 Å². The molecule has 0 spiro atoms. The van der Waals surface area contributed by atoms with Crippen molar-refractivity contribution in [2.45, 2.75) is 20.4 Å². The molecule has 7 heteroatoms. The molecule has 7 nitrogen and oxygen atoms in total. The van der Waals surface area contributed by atoms with E-state index in [0.717, 1.165) is 44.2 Å². The van der Waals surface area contributed by atoms with Crippen LogP contribution in [-0.4, -0.2) is 68.4 Å². The molecule has 0 atom stereocenters. The van der Waals surface area contributed by atoms with E-state index in [1.54, 1.807) is 38.5 Å². The summed E-state index contributed by atoms with van der Waals surface area (Å²) < 4.78 is 10.8.